The number of nitrogens with one attached hydrogen (secondary N) is 1. The zero-order valence-electron chi connectivity index (χ0n) is 10.0. The van der Waals surface area contributed by atoms with E-state index in [1.54, 1.807) is 6.92 Å². The summed E-state index contributed by atoms with van der Waals surface area (Å²) in [5.41, 5.74) is 1.29. The van der Waals surface area contributed by atoms with Crippen molar-refractivity contribution >= 4 is 11.7 Å². The highest BCUT2D eigenvalue weighted by atomic mass is 16.5. The molecule has 0 aliphatic carbocycles. The summed E-state index contributed by atoms with van der Waals surface area (Å²) in [6.07, 6.45) is 3.32. The normalized spacial score (nSPS) is 15.4. The van der Waals surface area contributed by atoms with Gasteiger partial charge in [0.15, 0.2) is 0 Å². The number of amides is 1. The van der Waals surface area contributed by atoms with Crippen molar-refractivity contribution < 1.29 is 9.32 Å². The molecule has 6 nitrogen and oxygen atoms in total. The molecule has 6 heteroatoms. The lowest BCUT2D eigenvalue weighted by Gasteiger charge is -2.21. The molecule has 0 spiro atoms. The van der Waals surface area contributed by atoms with Crippen molar-refractivity contribution in [1.29, 1.82) is 0 Å². The molecule has 2 heterocycles. The summed E-state index contributed by atoms with van der Waals surface area (Å²) >= 11 is 0. The highest BCUT2D eigenvalue weighted by Gasteiger charge is 2.16. The number of aromatic nitrogens is 1. The summed E-state index contributed by atoms with van der Waals surface area (Å²) in [6, 6.07) is 0. The Kier molecular flexibility index (Phi) is 2.95. The topological polar surface area (TPSA) is 70.7 Å². The fourth-order valence-electron chi connectivity index (χ4n) is 1.66. The zero-order valence-corrected chi connectivity index (χ0v) is 10.0. The number of allylic oxidation sites excluding steroid dienone is 1. The Hall–Kier alpha value is -2.11. The average Bonchev–Trinajstić information content (AvgIpc) is 2.62. The number of hydrogen-bond acceptors (Lipinski definition) is 5. The van der Waals surface area contributed by atoms with Gasteiger partial charge < -0.3 is 14.7 Å². The first-order valence-electron chi connectivity index (χ1n) is 5.25. The van der Waals surface area contributed by atoms with E-state index < -0.39 is 0 Å². The molecule has 0 aromatic carbocycles. The molecule has 0 atom stereocenters. The van der Waals surface area contributed by atoms with Crippen LogP contribution in [0.1, 0.15) is 23.0 Å². The highest BCUT2D eigenvalue weighted by Crippen LogP contribution is 2.07. The Labute approximate surface area is 99.0 Å². The third kappa shape index (κ3) is 2.52. The van der Waals surface area contributed by atoms with Gasteiger partial charge in [0.2, 0.25) is 0 Å². The molecule has 17 heavy (non-hydrogen) atoms. The van der Waals surface area contributed by atoms with Gasteiger partial charge in [-0.05, 0) is 13.8 Å². The van der Waals surface area contributed by atoms with Crippen molar-refractivity contribution in [2.75, 3.05) is 13.6 Å². The average molecular weight is 234 g/mol. The summed E-state index contributed by atoms with van der Waals surface area (Å²) in [7, 11) is 1.93. The van der Waals surface area contributed by atoms with Gasteiger partial charge in [0, 0.05) is 13.2 Å². The van der Waals surface area contributed by atoms with Crippen LogP contribution in [0, 0.1) is 6.92 Å². The van der Waals surface area contributed by atoms with Gasteiger partial charge in [-0.1, -0.05) is 5.16 Å². The van der Waals surface area contributed by atoms with Crippen molar-refractivity contribution in [3.05, 3.63) is 29.4 Å². The lowest BCUT2D eigenvalue weighted by Crippen LogP contribution is -2.39. The van der Waals surface area contributed by atoms with E-state index in [0.29, 0.717) is 23.7 Å². The maximum absolute atomic E-state index is 11.9. The number of carbonyl (C=O) groups excluding carboxylic acids is 1. The summed E-state index contributed by atoms with van der Waals surface area (Å²) in [5, 5.41) is 6.32. The van der Waals surface area contributed by atoms with Crippen molar-refractivity contribution in [2.45, 2.75) is 13.8 Å². The first-order chi connectivity index (χ1) is 8.06. The van der Waals surface area contributed by atoms with Crippen LogP contribution in [-0.4, -0.2) is 35.4 Å². The molecule has 90 valence electrons. The van der Waals surface area contributed by atoms with E-state index in [1.165, 1.54) is 6.20 Å². The minimum atomic E-state index is -0.245. The van der Waals surface area contributed by atoms with Gasteiger partial charge in [-0.3, -0.25) is 4.79 Å². The molecule has 0 fully saturated rings. The van der Waals surface area contributed by atoms with Crippen molar-refractivity contribution in [3.63, 3.8) is 0 Å². The molecule has 1 aromatic rings. The number of aliphatic imine (C=N–C) groups is 1. The fourth-order valence-corrected chi connectivity index (χ4v) is 1.66. The smallest absolute Gasteiger partial charge is 0.261 e. The zero-order chi connectivity index (χ0) is 12.4. The van der Waals surface area contributed by atoms with E-state index in [0.717, 1.165) is 5.70 Å². The van der Waals surface area contributed by atoms with Crippen LogP contribution in [0.5, 0.6) is 0 Å². The number of hydrogen-bond donors (Lipinski definition) is 1. The Morgan fingerprint density at radius 3 is 2.88 bits per heavy atom. The van der Waals surface area contributed by atoms with Crippen molar-refractivity contribution in [1.82, 2.24) is 15.4 Å². The Balaban J connectivity index is 2.10. The number of amidine groups is 1. The largest absolute Gasteiger partial charge is 0.371 e. The second-order valence-electron chi connectivity index (χ2n) is 3.99. The van der Waals surface area contributed by atoms with E-state index in [2.05, 4.69) is 15.5 Å². The number of rotatable bonds is 1. The molecule has 0 saturated carbocycles. The van der Waals surface area contributed by atoms with Crippen LogP contribution < -0.4 is 5.32 Å². The van der Waals surface area contributed by atoms with Gasteiger partial charge in [0.05, 0.1) is 18.4 Å². The van der Waals surface area contributed by atoms with E-state index in [-0.39, 0.29) is 5.91 Å². The van der Waals surface area contributed by atoms with Crippen LogP contribution in [0.2, 0.25) is 0 Å². The number of nitrogens with zero attached hydrogens (tertiary/aromatic N) is 3. The lowest BCUT2D eigenvalue weighted by atomic mass is 10.2. The summed E-state index contributed by atoms with van der Waals surface area (Å²) in [6.45, 7) is 4.15. The van der Waals surface area contributed by atoms with Gasteiger partial charge in [0.25, 0.3) is 5.91 Å². The van der Waals surface area contributed by atoms with Gasteiger partial charge in [-0.15, -0.1) is 0 Å². The molecule has 0 radical (unpaired) electrons. The van der Waals surface area contributed by atoms with Crippen molar-refractivity contribution in [2.24, 2.45) is 4.99 Å². The Morgan fingerprint density at radius 2 is 2.29 bits per heavy atom. The Bertz CT molecular complexity index is 501. The van der Waals surface area contributed by atoms with E-state index in [4.69, 9.17) is 4.52 Å². The molecule has 1 amide bonds. The maximum Gasteiger partial charge on any atom is 0.261 e. The fraction of sp³-hybridized carbons (Fsp3) is 0.364. The molecular weight excluding hydrogens is 220 g/mol. The standard InChI is InChI=1S/C11H14N4O2/c1-7-5-15(3)6-10(13-7)14-11(16)9-4-12-17-8(9)2/h4-5H,6H2,1-3H3,(H,13,14,16). The summed E-state index contributed by atoms with van der Waals surface area (Å²) in [5.74, 6) is 0.878. The number of aryl methyl sites for hydroxylation is 1. The monoisotopic (exact) mass is 234 g/mol. The second-order valence-corrected chi connectivity index (χ2v) is 3.99. The first-order valence-corrected chi connectivity index (χ1v) is 5.25. The summed E-state index contributed by atoms with van der Waals surface area (Å²) in [4.78, 5) is 18.1. The van der Waals surface area contributed by atoms with Gasteiger partial charge in [0.1, 0.15) is 17.2 Å². The molecule has 1 aromatic heterocycles. The highest BCUT2D eigenvalue weighted by molar-refractivity contribution is 6.07. The quantitative estimate of drug-likeness (QED) is 0.784. The minimum Gasteiger partial charge on any atom is -0.371 e. The molecule has 1 aliphatic rings. The van der Waals surface area contributed by atoms with E-state index in [1.807, 2.05) is 25.1 Å². The summed E-state index contributed by atoms with van der Waals surface area (Å²) < 4.78 is 4.84. The Morgan fingerprint density at radius 1 is 1.53 bits per heavy atom. The van der Waals surface area contributed by atoms with Crippen LogP contribution in [0.4, 0.5) is 0 Å². The minimum absolute atomic E-state index is 0.245. The van der Waals surface area contributed by atoms with Gasteiger partial charge in [-0.2, -0.15) is 0 Å². The molecule has 1 aliphatic heterocycles. The lowest BCUT2D eigenvalue weighted by molar-refractivity contribution is 0.0974. The molecule has 0 saturated heterocycles. The molecule has 0 unspecified atom stereocenters. The molecule has 2 rings (SSSR count). The number of carbonyl (C=O) groups is 1. The van der Waals surface area contributed by atoms with E-state index in [9.17, 15) is 4.79 Å². The predicted molar refractivity (Wildman–Crippen MR) is 62.5 cm³/mol. The SMILES string of the molecule is CC1=CN(C)CC(NC(=O)c2cnoc2C)=N1. The molecule has 0 bridgehead atoms. The van der Waals surface area contributed by atoms with Gasteiger partial charge >= 0.3 is 0 Å². The van der Waals surface area contributed by atoms with Crippen LogP contribution in [0.15, 0.2) is 27.6 Å². The molecular formula is C11H14N4O2. The predicted octanol–water partition coefficient (Wildman–Crippen LogP) is 0.918. The third-order valence-electron chi connectivity index (χ3n) is 2.37. The van der Waals surface area contributed by atoms with Crippen LogP contribution in [-0.2, 0) is 0 Å². The van der Waals surface area contributed by atoms with Crippen LogP contribution in [0.3, 0.4) is 0 Å². The number of likely N-dealkylation sites (N-methyl/N-ethyl adjacent to an activating group) is 1. The van der Waals surface area contributed by atoms with Gasteiger partial charge in [-0.25, -0.2) is 4.99 Å². The first kappa shape index (κ1) is 11.4. The second kappa shape index (κ2) is 4.40. The third-order valence-corrected chi connectivity index (χ3v) is 2.37. The molecule has 1 N–H and O–H groups in total. The maximum atomic E-state index is 11.9. The van der Waals surface area contributed by atoms with Crippen LogP contribution >= 0.6 is 0 Å². The van der Waals surface area contributed by atoms with Crippen LogP contribution in [0.25, 0.3) is 0 Å². The van der Waals surface area contributed by atoms with E-state index >= 15 is 0 Å². The van der Waals surface area contributed by atoms with Crippen molar-refractivity contribution in [3.8, 4) is 0 Å².